The Morgan fingerprint density at radius 1 is 0.932 bits per heavy atom. The van der Waals surface area contributed by atoms with E-state index >= 15 is 0 Å². The van der Waals surface area contributed by atoms with E-state index in [0.717, 1.165) is 23.2 Å². The number of fused-ring (bicyclic) bond motifs is 1. The van der Waals surface area contributed by atoms with Crippen molar-refractivity contribution in [2.45, 2.75) is 38.1 Å². The van der Waals surface area contributed by atoms with Gasteiger partial charge in [0.15, 0.2) is 0 Å². The van der Waals surface area contributed by atoms with Crippen molar-refractivity contribution in [1.29, 1.82) is 0 Å². The number of anilines is 1. The van der Waals surface area contributed by atoms with E-state index in [0.29, 0.717) is 31.6 Å². The van der Waals surface area contributed by atoms with E-state index in [1.807, 2.05) is 84.9 Å². The van der Waals surface area contributed by atoms with Crippen LogP contribution in [0.3, 0.4) is 0 Å². The van der Waals surface area contributed by atoms with Crippen LogP contribution in [0, 0.1) is 0 Å². The van der Waals surface area contributed by atoms with Crippen LogP contribution in [0.5, 0.6) is 0 Å². The van der Waals surface area contributed by atoms with Crippen LogP contribution in [-0.4, -0.2) is 75.9 Å². The topological polar surface area (TPSA) is 96.5 Å². The summed E-state index contributed by atoms with van der Waals surface area (Å²) in [6.07, 6.45) is 2.42. The highest BCUT2D eigenvalue weighted by Crippen LogP contribution is 2.36. The quantitative estimate of drug-likeness (QED) is 0.383. The predicted molar refractivity (Wildman–Crippen MR) is 166 cm³/mol. The molecule has 2 atom stereocenters. The Morgan fingerprint density at radius 2 is 1.66 bits per heavy atom. The summed E-state index contributed by atoms with van der Waals surface area (Å²) < 4.78 is 0. The van der Waals surface area contributed by atoms with E-state index < -0.39 is 12.2 Å². The van der Waals surface area contributed by atoms with E-state index in [1.165, 1.54) is 5.01 Å². The fraction of sp³-hybridized carbons (Fsp3) is 0.294. The zero-order valence-corrected chi connectivity index (χ0v) is 24.5. The second-order valence-electron chi connectivity index (χ2n) is 11.2. The van der Waals surface area contributed by atoms with Crippen molar-refractivity contribution >= 4 is 29.4 Å². The summed E-state index contributed by atoms with van der Waals surface area (Å²) in [4.78, 5) is 58.9. The van der Waals surface area contributed by atoms with Crippen LogP contribution in [0.1, 0.15) is 35.6 Å². The summed E-state index contributed by atoms with van der Waals surface area (Å²) >= 11 is 0. The molecule has 3 heterocycles. The second kappa shape index (κ2) is 12.7. The van der Waals surface area contributed by atoms with Gasteiger partial charge in [-0.25, -0.2) is 4.79 Å². The van der Waals surface area contributed by atoms with Gasteiger partial charge in [0, 0.05) is 31.7 Å². The van der Waals surface area contributed by atoms with Gasteiger partial charge in [0.2, 0.25) is 11.8 Å². The molecule has 6 rings (SSSR count). The fourth-order valence-electron chi connectivity index (χ4n) is 6.30. The molecule has 0 spiro atoms. The number of hydrogen-bond acceptors (Lipinski definition) is 5. The molecule has 0 unspecified atom stereocenters. The van der Waals surface area contributed by atoms with Crippen molar-refractivity contribution in [2.24, 2.45) is 0 Å². The van der Waals surface area contributed by atoms with Crippen LogP contribution in [0.25, 0.3) is 0 Å². The molecule has 0 aromatic heterocycles. The Balaban J connectivity index is 1.29. The number of hydrazine groups is 1. The Kier molecular flexibility index (Phi) is 8.42. The molecule has 3 fully saturated rings. The molecule has 10 nitrogen and oxygen atoms in total. The van der Waals surface area contributed by atoms with E-state index in [1.54, 1.807) is 25.8 Å². The Labute approximate surface area is 257 Å². The molecule has 3 saturated heterocycles. The summed E-state index contributed by atoms with van der Waals surface area (Å²) in [5.41, 5.74) is 3.37. The molecule has 3 aliphatic heterocycles. The van der Waals surface area contributed by atoms with Crippen molar-refractivity contribution in [3.05, 3.63) is 114 Å². The number of rotatable bonds is 9. The largest absolute Gasteiger partial charge is 0.333 e. The Hall–Kier alpha value is -4.96. The zero-order valence-electron chi connectivity index (χ0n) is 24.5. The molecule has 0 radical (unpaired) electrons. The lowest BCUT2D eigenvalue weighted by atomic mass is 10.00. The van der Waals surface area contributed by atoms with Gasteiger partial charge in [-0.1, -0.05) is 78.9 Å². The maximum Gasteiger partial charge on any atom is 0.332 e. The van der Waals surface area contributed by atoms with E-state index in [9.17, 15) is 19.2 Å². The van der Waals surface area contributed by atoms with Crippen LogP contribution in [0.2, 0.25) is 0 Å². The van der Waals surface area contributed by atoms with Gasteiger partial charge in [-0.15, -0.1) is 6.58 Å². The average Bonchev–Trinajstić information content (AvgIpc) is 3.62. The second-order valence-corrected chi connectivity index (χ2v) is 11.2. The third-order valence-corrected chi connectivity index (χ3v) is 8.38. The summed E-state index contributed by atoms with van der Waals surface area (Å²) in [7, 11) is 0. The van der Waals surface area contributed by atoms with Gasteiger partial charge >= 0.3 is 6.03 Å². The first kappa shape index (κ1) is 29.1. The predicted octanol–water partition coefficient (Wildman–Crippen LogP) is 3.68. The number of nitrogens with one attached hydrogen (secondary N) is 1. The minimum absolute atomic E-state index is 0.0473. The van der Waals surface area contributed by atoms with Gasteiger partial charge < -0.3 is 20.0 Å². The lowest BCUT2D eigenvalue weighted by Crippen LogP contribution is -2.62. The van der Waals surface area contributed by atoms with Gasteiger partial charge in [0.05, 0.1) is 19.6 Å². The van der Waals surface area contributed by atoms with Gasteiger partial charge in [-0.3, -0.25) is 19.4 Å². The fourth-order valence-corrected chi connectivity index (χ4v) is 6.30. The van der Waals surface area contributed by atoms with E-state index in [-0.39, 0.29) is 43.4 Å². The molecule has 1 N–H and O–H groups in total. The standard InChI is InChI=1S/C34H36N6O4/c1-2-18-38(34(44)35-21-25-11-5-3-6-12-25)39-24-31(42)40-29(39)23-36(33(43)32(40)27-14-7-4-8-15-27)22-26-13-9-16-28(20-26)37-19-10-17-30(37)41/h2-9,11-16,20,29,32H,1,10,17-19,21-24H2,(H,35,44)/t29-,32+/m1/s1. The summed E-state index contributed by atoms with van der Waals surface area (Å²) in [5, 5.41) is 6.22. The van der Waals surface area contributed by atoms with Crippen LogP contribution in [-0.2, 0) is 27.5 Å². The molecule has 3 aliphatic rings. The summed E-state index contributed by atoms with van der Waals surface area (Å²) in [6, 6.07) is 25.4. The van der Waals surface area contributed by atoms with E-state index in [2.05, 4.69) is 11.9 Å². The highest BCUT2D eigenvalue weighted by atomic mass is 16.2. The maximum atomic E-state index is 14.1. The van der Waals surface area contributed by atoms with E-state index in [4.69, 9.17) is 0 Å². The number of urea groups is 1. The van der Waals surface area contributed by atoms with Crippen molar-refractivity contribution in [1.82, 2.24) is 25.1 Å². The van der Waals surface area contributed by atoms with Gasteiger partial charge in [-0.05, 0) is 35.2 Å². The molecule has 10 heteroatoms. The number of amides is 5. The first-order valence-electron chi connectivity index (χ1n) is 15.0. The minimum atomic E-state index is -0.839. The SMILES string of the molecule is C=CCN(C(=O)NCc1ccccc1)N1CC(=O)N2[C@@H](c3ccccc3)C(=O)N(Cc3cccc(N4CCCC4=O)c3)C[C@@H]21. The van der Waals surface area contributed by atoms with Crippen molar-refractivity contribution in [3.8, 4) is 0 Å². The Bertz CT molecular complexity index is 1550. The van der Waals surface area contributed by atoms with Crippen LogP contribution in [0.15, 0.2) is 97.6 Å². The van der Waals surface area contributed by atoms with Gasteiger partial charge in [0.1, 0.15) is 12.2 Å². The molecular weight excluding hydrogens is 556 g/mol. The smallest absolute Gasteiger partial charge is 0.332 e. The molecule has 0 aliphatic carbocycles. The maximum absolute atomic E-state index is 14.1. The van der Waals surface area contributed by atoms with Crippen molar-refractivity contribution < 1.29 is 19.2 Å². The van der Waals surface area contributed by atoms with Crippen LogP contribution >= 0.6 is 0 Å². The first-order chi connectivity index (χ1) is 21.4. The van der Waals surface area contributed by atoms with Crippen LogP contribution in [0.4, 0.5) is 10.5 Å². The lowest BCUT2D eigenvalue weighted by Gasteiger charge is -2.46. The first-order valence-corrected chi connectivity index (χ1v) is 15.0. The average molecular weight is 593 g/mol. The highest BCUT2D eigenvalue weighted by molar-refractivity contribution is 5.95. The monoisotopic (exact) mass is 592 g/mol. The Morgan fingerprint density at radius 3 is 2.36 bits per heavy atom. The third kappa shape index (κ3) is 5.80. The number of nitrogens with zero attached hydrogens (tertiary/aromatic N) is 5. The molecule has 0 bridgehead atoms. The van der Waals surface area contributed by atoms with Gasteiger partial charge in [0.25, 0.3) is 5.91 Å². The van der Waals surface area contributed by atoms with Crippen molar-refractivity contribution in [3.63, 3.8) is 0 Å². The molecular formula is C34H36N6O4. The number of carbonyl (C=O) groups is 4. The normalized spacial score (nSPS) is 20.2. The number of benzene rings is 3. The molecule has 226 valence electrons. The lowest BCUT2D eigenvalue weighted by molar-refractivity contribution is -0.158. The highest BCUT2D eigenvalue weighted by Gasteiger charge is 2.52. The molecule has 44 heavy (non-hydrogen) atoms. The third-order valence-electron chi connectivity index (χ3n) is 8.38. The summed E-state index contributed by atoms with van der Waals surface area (Å²) in [6.45, 7) is 5.51. The number of carbonyl (C=O) groups excluding carboxylic acids is 4. The summed E-state index contributed by atoms with van der Waals surface area (Å²) in [5.74, 6) is -0.311. The molecule has 0 saturated carbocycles. The minimum Gasteiger partial charge on any atom is -0.333 e. The van der Waals surface area contributed by atoms with Crippen LogP contribution < -0.4 is 10.2 Å². The number of hydrogen-bond donors (Lipinski definition) is 1. The molecule has 5 amide bonds. The van der Waals surface area contributed by atoms with Crippen molar-refractivity contribution in [2.75, 3.05) is 31.1 Å². The van der Waals surface area contributed by atoms with Gasteiger partial charge in [-0.2, -0.15) is 5.01 Å². The molecule has 3 aromatic carbocycles. The zero-order chi connectivity index (χ0) is 30.6. The number of piperazine rings is 1. The molecule has 3 aromatic rings.